The van der Waals surface area contributed by atoms with Crippen molar-refractivity contribution in [3.63, 3.8) is 0 Å². The maximum atomic E-state index is 4.41. The summed E-state index contributed by atoms with van der Waals surface area (Å²) >= 11 is 1.70. The first kappa shape index (κ1) is 19.7. The Hall–Kier alpha value is -0.370. The highest BCUT2D eigenvalue weighted by Crippen LogP contribution is 2.28. The number of hydrogen-bond acceptors (Lipinski definition) is 3. The zero-order chi connectivity index (χ0) is 15.2. The van der Waals surface area contributed by atoms with Crippen molar-refractivity contribution in [3.05, 3.63) is 16.1 Å². The Labute approximate surface area is 155 Å². The number of halogens is 1. The number of nitrogens with one attached hydrogen (secondary N) is 1. The van der Waals surface area contributed by atoms with E-state index < -0.39 is 0 Å². The van der Waals surface area contributed by atoms with E-state index in [-0.39, 0.29) is 24.0 Å². The quantitative estimate of drug-likeness (QED) is 0.442. The van der Waals surface area contributed by atoms with Gasteiger partial charge in [0.15, 0.2) is 5.96 Å². The van der Waals surface area contributed by atoms with Crippen molar-refractivity contribution in [2.45, 2.75) is 46.1 Å². The molecule has 1 fully saturated rings. The number of thiazole rings is 1. The monoisotopic (exact) mass is 436 g/mol. The highest BCUT2D eigenvalue weighted by atomic mass is 127. The first-order valence-electron chi connectivity index (χ1n) is 7.91. The molecule has 0 radical (unpaired) electrons. The van der Waals surface area contributed by atoms with Gasteiger partial charge in [-0.1, -0.05) is 19.8 Å². The molecule has 0 amide bonds. The Kier molecular flexibility index (Phi) is 8.67. The topological polar surface area (TPSA) is 40.5 Å². The van der Waals surface area contributed by atoms with Gasteiger partial charge in [0.1, 0.15) is 0 Å². The lowest BCUT2D eigenvalue weighted by Gasteiger charge is -2.31. The molecule has 1 N–H and O–H groups in total. The lowest BCUT2D eigenvalue weighted by atomic mass is 9.83. The summed E-state index contributed by atoms with van der Waals surface area (Å²) < 4.78 is 0. The van der Waals surface area contributed by atoms with Crippen LogP contribution in [0.5, 0.6) is 0 Å². The van der Waals surface area contributed by atoms with Gasteiger partial charge in [-0.2, -0.15) is 0 Å². The molecule has 1 aliphatic rings. The number of aliphatic imine (C=N–C) groups is 1. The normalized spacial score (nSPS) is 22.1. The molecule has 1 heterocycles. The van der Waals surface area contributed by atoms with Crippen LogP contribution in [0.15, 0.2) is 10.5 Å². The fraction of sp³-hybridized carbons (Fsp3) is 0.750. The van der Waals surface area contributed by atoms with Crippen LogP contribution < -0.4 is 5.32 Å². The highest BCUT2D eigenvalue weighted by molar-refractivity contribution is 14.0. The minimum Gasteiger partial charge on any atom is -0.351 e. The second-order valence-corrected chi connectivity index (χ2v) is 7.21. The van der Waals surface area contributed by atoms with Crippen molar-refractivity contribution in [1.82, 2.24) is 15.2 Å². The summed E-state index contributed by atoms with van der Waals surface area (Å²) in [5.41, 5.74) is 3.02. The van der Waals surface area contributed by atoms with E-state index in [1.165, 1.54) is 30.6 Å². The number of guanidine groups is 1. The molecule has 6 heteroatoms. The third-order valence-corrected chi connectivity index (χ3v) is 5.43. The van der Waals surface area contributed by atoms with Gasteiger partial charge in [0, 0.05) is 25.5 Å². The number of rotatable bonds is 4. The second-order valence-electron chi connectivity index (χ2n) is 6.27. The largest absolute Gasteiger partial charge is 0.351 e. The van der Waals surface area contributed by atoms with Crippen LogP contribution in [0.2, 0.25) is 0 Å². The fourth-order valence-electron chi connectivity index (χ4n) is 3.03. The maximum Gasteiger partial charge on any atom is 0.193 e. The third kappa shape index (κ3) is 5.68. The Bertz CT molecular complexity index is 466. The molecule has 1 aliphatic carbocycles. The van der Waals surface area contributed by atoms with E-state index in [1.54, 1.807) is 11.3 Å². The third-order valence-electron chi connectivity index (χ3n) is 4.49. The second kappa shape index (κ2) is 9.70. The number of aromatic nitrogens is 1. The molecule has 0 aliphatic heterocycles. The van der Waals surface area contributed by atoms with Crippen molar-refractivity contribution in [2.75, 3.05) is 20.6 Å². The van der Waals surface area contributed by atoms with Gasteiger partial charge in [0.2, 0.25) is 0 Å². The van der Waals surface area contributed by atoms with E-state index in [2.05, 4.69) is 41.1 Å². The van der Waals surface area contributed by atoms with Crippen molar-refractivity contribution < 1.29 is 0 Å². The van der Waals surface area contributed by atoms with E-state index in [1.807, 2.05) is 12.6 Å². The average molecular weight is 436 g/mol. The Morgan fingerprint density at radius 1 is 1.41 bits per heavy atom. The van der Waals surface area contributed by atoms with Crippen LogP contribution in [-0.4, -0.2) is 36.5 Å². The Balaban J connectivity index is 0.00000242. The number of aryl methyl sites for hydroxylation is 1. The molecular weight excluding hydrogens is 407 g/mol. The van der Waals surface area contributed by atoms with Gasteiger partial charge in [-0.15, -0.1) is 35.3 Å². The molecule has 0 unspecified atom stereocenters. The SMILES string of the molecule is CN=C(NCc1scnc1C)N(C)CC1CCC(C)CC1.I. The number of nitrogens with zero attached hydrogens (tertiary/aromatic N) is 3. The van der Waals surface area contributed by atoms with Gasteiger partial charge in [-0.05, 0) is 31.6 Å². The van der Waals surface area contributed by atoms with Gasteiger partial charge in [-0.3, -0.25) is 4.99 Å². The summed E-state index contributed by atoms with van der Waals surface area (Å²) in [4.78, 5) is 12.3. The summed E-state index contributed by atoms with van der Waals surface area (Å²) in [5, 5.41) is 3.46. The van der Waals surface area contributed by atoms with Crippen molar-refractivity contribution in [1.29, 1.82) is 0 Å². The zero-order valence-electron chi connectivity index (χ0n) is 14.1. The molecule has 2 rings (SSSR count). The Morgan fingerprint density at radius 3 is 2.64 bits per heavy atom. The van der Waals surface area contributed by atoms with Gasteiger partial charge >= 0.3 is 0 Å². The first-order valence-corrected chi connectivity index (χ1v) is 8.78. The molecule has 4 nitrogen and oxygen atoms in total. The highest BCUT2D eigenvalue weighted by Gasteiger charge is 2.20. The Morgan fingerprint density at radius 2 is 2.09 bits per heavy atom. The molecule has 126 valence electrons. The lowest BCUT2D eigenvalue weighted by molar-refractivity contribution is 0.250. The van der Waals surface area contributed by atoms with Crippen molar-refractivity contribution >= 4 is 41.3 Å². The summed E-state index contributed by atoms with van der Waals surface area (Å²) in [6.07, 6.45) is 5.47. The lowest BCUT2D eigenvalue weighted by Crippen LogP contribution is -2.41. The fourth-order valence-corrected chi connectivity index (χ4v) is 3.74. The number of hydrogen-bond donors (Lipinski definition) is 1. The van der Waals surface area contributed by atoms with Crippen LogP contribution in [0.1, 0.15) is 43.2 Å². The summed E-state index contributed by atoms with van der Waals surface area (Å²) in [6, 6.07) is 0. The molecule has 0 bridgehead atoms. The molecule has 1 aromatic heterocycles. The predicted molar refractivity (Wildman–Crippen MR) is 106 cm³/mol. The molecule has 0 aromatic carbocycles. The molecule has 0 atom stereocenters. The van der Waals surface area contributed by atoms with Crippen LogP contribution in [0.25, 0.3) is 0 Å². The van der Waals surface area contributed by atoms with Gasteiger partial charge in [0.25, 0.3) is 0 Å². The van der Waals surface area contributed by atoms with E-state index in [0.29, 0.717) is 0 Å². The molecule has 0 saturated heterocycles. The van der Waals surface area contributed by atoms with E-state index in [9.17, 15) is 0 Å². The van der Waals surface area contributed by atoms with Gasteiger partial charge < -0.3 is 10.2 Å². The van der Waals surface area contributed by atoms with Crippen LogP contribution in [0.4, 0.5) is 0 Å². The van der Waals surface area contributed by atoms with E-state index in [4.69, 9.17) is 0 Å². The van der Waals surface area contributed by atoms with Gasteiger partial charge in [-0.25, -0.2) is 4.98 Å². The molecule has 1 saturated carbocycles. The van der Waals surface area contributed by atoms with Gasteiger partial charge in [0.05, 0.1) is 17.7 Å². The van der Waals surface area contributed by atoms with Crippen LogP contribution in [0, 0.1) is 18.8 Å². The van der Waals surface area contributed by atoms with E-state index >= 15 is 0 Å². The van der Waals surface area contributed by atoms with Crippen molar-refractivity contribution in [2.24, 2.45) is 16.8 Å². The van der Waals surface area contributed by atoms with Crippen molar-refractivity contribution in [3.8, 4) is 0 Å². The smallest absolute Gasteiger partial charge is 0.193 e. The van der Waals surface area contributed by atoms with E-state index in [0.717, 1.165) is 36.6 Å². The minimum absolute atomic E-state index is 0. The molecular formula is C16H29IN4S. The zero-order valence-corrected chi connectivity index (χ0v) is 17.3. The predicted octanol–water partition coefficient (Wildman–Crippen LogP) is 3.90. The first-order chi connectivity index (χ1) is 10.1. The average Bonchev–Trinajstić information content (AvgIpc) is 2.88. The standard InChI is InChI=1S/C16H28N4S.HI/c1-12-5-7-14(8-6-12)10-20(4)16(17-3)18-9-15-13(2)19-11-21-15;/h11-12,14H,5-10H2,1-4H3,(H,17,18);1H. The van der Waals surface area contributed by atoms with Crippen LogP contribution >= 0.6 is 35.3 Å². The van der Waals surface area contributed by atoms with Crippen LogP contribution in [-0.2, 0) is 6.54 Å². The maximum absolute atomic E-state index is 4.41. The summed E-state index contributed by atoms with van der Waals surface area (Å²) in [7, 11) is 4.01. The van der Waals surface area contributed by atoms with Crippen LogP contribution in [0.3, 0.4) is 0 Å². The molecule has 0 spiro atoms. The molecule has 1 aromatic rings. The molecule has 22 heavy (non-hydrogen) atoms. The summed E-state index contributed by atoms with van der Waals surface area (Å²) in [6.45, 7) is 6.35. The summed E-state index contributed by atoms with van der Waals surface area (Å²) in [5.74, 6) is 2.72. The minimum atomic E-state index is 0.